The molecule has 0 saturated heterocycles. The molecular weight excluding hydrogens is 298 g/mol. The van der Waals surface area contributed by atoms with Crippen LogP contribution in [0, 0.1) is 0 Å². The van der Waals surface area contributed by atoms with Crippen LogP contribution in [0.5, 0.6) is 0 Å². The SMILES string of the molecule is O=C(OCC1c2ccccc2-c2ccccc21)[NH+](C1CC1)C1CC1. The quantitative estimate of drug-likeness (QED) is 0.938. The summed E-state index contributed by atoms with van der Waals surface area (Å²) in [6.07, 6.45) is 4.68. The molecule has 0 radical (unpaired) electrons. The molecule has 2 fully saturated rings. The smallest absolute Gasteiger partial charge is 0.419 e. The summed E-state index contributed by atoms with van der Waals surface area (Å²) in [5.41, 5.74) is 5.13. The van der Waals surface area contributed by atoms with E-state index in [1.165, 1.54) is 47.9 Å². The fraction of sp³-hybridized carbons (Fsp3) is 0.381. The van der Waals surface area contributed by atoms with Gasteiger partial charge in [-0.2, -0.15) is 4.79 Å². The van der Waals surface area contributed by atoms with E-state index < -0.39 is 0 Å². The lowest BCUT2D eigenvalue weighted by Gasteiger charge is -2.18. The van der Waals surface area contributed by atoms with Crippen LogP contribution in [0.15, 0.2) is 48.5 Å². The fourth-order valence-electron chi connectivity index (χ4n) is 4.14. The third-order valence-corrected chi connectivity index (χ3v) is 5.61. The molecule has 3 aliphatic rings. The monoisotopic (exact) mass is 320 g/mol. The van der Waals surface area contributed by atoms with Gasteiger partial charge >= 0.3 is 6.09 Å². The van der Waals surface area contributed by atoms with Crippen molar-refractivity contribution in [2.45, 2.75) is 43.7 Å². The fourth-order valence-corrected chi connectivity index (χ4v) is 4.14. The van der Waals surface area contributed by atoms with Gasteiger partial charge in [-0.1, -0.05) is 48.5 Å². The van der Waals surface area contributed by atoms with Crippen LogP contribution in [-0.2, 0) is 4.74 Å². The van der Waals surface area contributed by atoms with Crippen LogP contribution in [-0.4, -0.2) is 24.8 Å². The lowest BCUT2D eigenvalue weighted by atomic mass is 9.98. The van der Waals surface area contributed by atoms with Crippen molar-refractivity contribution in [1.82, 2.24) is 0 Å². The van der Waals surface area contributed by atoms with E-state index in [0.29, 0.717) is 18.7 Å². The van der Waals surface area contributed by atoms with E-state index in [4.69, 9.17) is 4.74 Å². The van der Waals surface area contributed by atoms with Crippen molar-refractivity contribution in [1.29, 1.82) is 0 Å². The van der Waals surface area contributed by atoms with Crippen LogP contribution in [0.25, 0.3) is 11.1 Å². The standard InChI is InChI=1S/C21H21NO2/c23-21(22(14-9-10-14)15-11-12-15)24-13-20-18-7-3-1-5-16(18)17-6-2-4-8-19(17)20/h1-8,14-15,20H,9-13H2/p+1. The summed E-state index contributed by atoms with van der Waals surface area (Å²) >= 11 is 0. The molecule has 0 bridgehead atoms. The Balaban J connectivity index is 1.38. The molecule has 2 saturated carbocycles. The summed E-state index contributed by atoms with van der Waals surface area (Å²) in [6, 6.07) is 18.0. The van der Waals surface area contributed by atoms with Gasteiger partial charge in [-0.3, -0.25) is 0 Å². The predicted octanol–water partition coefficient (Wildman–Crippen LogP) is 3.15. The molecule has 0 aromatic heterocycles. The first-order valence-corrected chi connectivity index (χ1v) is 9.05. The minimum Gasteiger partial charge on any atom is -0.419 e. The van der Waals surface area contributed by atoms with Crippen LogP contribution >= 0.6 is 0 Å². The van der Waals surface area contributed by atoms with E-state index >= 15 is 0 Å². The Labute approximate surface area is 142 Å². The maximum Gasteiger partial charge on any atom is 0.514 e. The second-order valence-electron chi connectivity index (χ2n) is 7.33. The molecule has 0 aliphatic heterocycles. The highest BCUT2D eigenvalue weighted by Crippen LogP contribution is 2.44. The summed E-state index contributed by atoms with van der Waals surface area (Å²) in [5, 5.41) is 0. The lowest BCUT2D eigenvalue weighted by Crippen LogP contribution is -3.17. The number of amides is 1. The molecule has 24 heavy (non-hydrogen) atoms. The molecule has 0 heterocycles. The van der Waals surface area contributed by atoms with Crippen LogP contribution in [0.3, 0.4) is 0 Å². The Morgan fingerprint density at radius 2 is 1.38 bits per heavy atom. The lowest BCUT2D eigenvalue weighted by molar-refractivity contribution is -0.847. The van der Waals surface area contributed by atoms with Gasteiger partial charge in [0.15, 0.2) is 0 Å². The van der Waals surface area contributed by atoms with Crippen molar-refractivity contribution in [3.63, 3.8) is 0 Å². The summed E-state index contributed by atoms with van der Waals surface area (Å²) < 4.78 is 5.83. The van der Waals surface area contributed by atoms with Gasteiger partial charge in [-0.05, 0) is 22.3 Å². The van der Waals surface area contributed by atoms with Crippen LogP contribution < -0.4 is 4.90 Å². The van der Waals surface area contributed by atoms with Crippen molar-refractivity contribution in [2.75, 3.05) is 6.61 Å². The number of fused-ring (bicyclic) bond motifs is 3. The predicted molar refractivity (Wildman–Crippen MR) is 92.1 cm³/mol. The highest BCUT2D eigenvalue weighted by Gasteiger charge is 2.49. The largest absolute Gasteiger partial charge is 0.514 e. The average molecular weight is 320 g/mol. The van der Waals surface area contributed by atoms with Gasteiger partial charge in [0.2, 0.25) is 0 Å². The number of quaternary nitrogens is 1. The Bertz CT molecular complexity index is 734. The minimum absolute atomic E-state index is 0.0261. The van der Waals surface area contributed by atoms with E-state index in [-0.39, 0.29) is 12.0 Å². The molecule has 1 amide bonds. The number of benzene rings is 2. The van der Waals surface area contributed by atoms with Crippen LogP contribution in [0.1, 0.15) is 42.7 Å². The number of hydrogen-bond acceptors (Lipinski definition) is 2. The van der Waals surface area contributed by atoms with E-state index in [2.05, 4.69) is 48.5 Å². The summed E-state index contributed by atoms with van der Waals surface area (Å²) in [5.74, 6) is 0.168. The van der Waals surface area contributed by atoms with Gasteiger partial charge in [0.05, 0.1) is 12.1 Å². The highest BCUT2D eigenvalue weighted by atomic mass is 16.6. The number of alkyl carbamates (subject to hydrolysis) is 2. The summed E-state index contributed by atoms with van der Waals surface area (Å²) in [7, 11) is 0. The zero-order valence-electron chi connectivity index (χ0n) is 13.7. The zero-order chi connectivity index (χ0) is 16.1. The van der Waals surface area contributed by atoms with Crippen molar-refractivity contribution < 1.29 is 14.4 Å². The van der Waals surface area contributed by atoms with Gasteiger partial charge < -0.3 is 4.74 Å². The molecule has 5 rings (SSSR count). The zero-order valence-corrected chi connectivity index (χ0v) is 13.7. The highest BCUT2D eigenvalue weighted by molar-refractivity contribution is 5.78. The first kappa shape index (κ1) is 14.2. The Morgan fingerprint density at radius 1 is 0.875 bits per heavy atom. The molecule has 1 N–H and O–H groups in total. The number of carbonyl (C=O) groups is 1. The Morgan fingerprint density at radius 3 is 1.88 bits per heavy atom. The summed E-state index contributed by atoms with van der Waals surface area (Å²) in [4.78, 5) is 13.7. The van der Waals surface area contributed by atoms with E-state index in [9.17, 15) is 4.79 Å². The molecule has 122 valence electrons. The van der Waals surface area contributed by atoms with Crippen molar-refractivity contribution in [3.05, 3.63) is 59.7 Å². The molecule has 2 aromatic rings. The van der Waals surface area contributed by atoms with Crippen LogP contribution in [0.2, 0.25) is 0 Å². The molecular formula is C21H22NO2+. The van der Waals surface area contributed by atoms with Crippen molar-refractivity contribution >= 4 is 6.09 Å². The second-order valence-corrected chi connectivity index (χ2v) is 7.33. The minimum atomic E-state index is -0.0261. The topological polar surface area (TPSA) is 30.7 Å². The maximum atomic E-state index is 12.6. The number of nitrogens with one attached hydrogen (secondary N) is 1. The van der Waals surface area contributed by atoms with E-state index in [0.717, 1.165) is 4.90 Å². The van der Waals surface area contributed by atoms with Crippen molar-refractivity contribution in [3.8, 4) is 11.1 Å². The molecule has 0 unspecified atom stereocenters. The van der Waals surface area contributed by atoms with E-state index in [1.807, 2.05) is 0 Å². The molecule has 3 aliphatic carbocycles. The van der Waals surface area contributed by atoms with Gasteiger partial charge in [-0.25, -0.2) is 4.90 Å². The van der Waals surface area contributed by atoms with Crippen LogP contribution in [0.4, 0.5) is 4.79 Å². The van der Waals surface area contributed by atoms with Gasteiger partial charge in [0, 0.05) is 31.6 Å². The Kier molecular flexibility index (Phi) is 3.23. The van der Waals surface area contributed by atoms with Gasteiger partial charge in [0.1, 0.15) is 6.61 Å². The molecule has 2 aromatic carbocycles. The normalized spacial score (nSPS) is 19.2. The van der Waals surface area contributed by atoms with Gasteiger partial charge in [0.25, 0.3) is 0 Å². The molecule has 3 nitrogen and oxygen atoms in total. The molecule has 3 heteroatoms. The molecule has 0 atom stereocenters. The maximum absolute atomic E-state index is 12.6. The molecule has 0 spiro atoms. The third kappa shape index (κ3) is 2.35. The van der Waals surface area contributed by atoms with Gasteiger partial charge in [-0.15, -0.1) is 0 Å². The summed E-state index contributed by atoms with van der Waals surface area (Å²) in [6.45, 7) is 0.454. The van der Waals surface area contributed by atoms with Crippen molar-refractivity contribution in [2.24, 2.45) is 0 Å². The second kappa shape index (κ2) is 5.45. The first-order chi connectivity index (χ1) is 11.8. The number of rotatable bonds is 4. The Hall–Kier alpha value is -2.13. The average Bonchev–Trinajstić information content (AvgIpc) is 3.53. The number of carbonyl (C=O) groups excluding carboxylic acids is 1. The third-order valence-electron chi connectivity index (χ3n) is 5.61. The number of ether oxygens (including phenoxy) is 1. The number of hydrogen-bond donors (Lipinski definition) is 1. The first-order valence-electron chi connectivity index (χ1n) is 9.05. The van der Waals surface area contributed by atoms with E-state index in [1.54, 1.807) is 0 Å².